The highest BCUT2D eigenvalue weighted by molar-refractivity contribution is 5.36. The molecule has 1 aliphatic rings. The molecule has 1 fully saturated rings. The third kappa shape index (κ3) is 4.22. The molecule has 0 amide bonds. The van der Waals surface area contributed by atoms with Crippen LogP contribution in [0.3, 0.4) is 0 Å². The Kier molecular flexibility index (Phi) is 6.34. The molecule has 0 spiro atoms. The first-order chi connectivity index (χ1) is 9.85. The molecule has 112 valence electrons. The predicted molar refractivity (Wildman–Crippen MR) is 82.2 cm³/mol. The highest BCUT2D eigenvalue weighted by Gasteiger charge is 2.18. The van der Waals surface area contributed by atoms with Crippen LogP contribution in [0.1, 0.15) is 51.1 Å². The zero-order valence-corrected chi connectivity index (χ0v) is 12.7. The van der Waals surface area contributed by atoms with Gasteiger partial charge in [-0.2, -0.15) is 0 Å². The molecule has 0 saturated carbocycles. The fraction of sp³-hybridized carbons (Fsp3) is 0.647. The Morgan fingerprint density at radius 1 is 1.35 bits per heavy atom. The van der Waals surface area contributed by atoms with Gasteiger partial charge in [0.25, 0.3) is 0 Å². The van der Waals surface area contributed by atoms with Gasteiger partial charge in [0.15, 0.2) is 0 Å². The molecule has 1 aromatic rings. The molecule has 1 aromatic carbocycles. The van der Waals surface area contributed by atoms with Crippen LogP contribution in [0.25, 0.3) is 0 Å². The standard InChI is InChI=1S/C17H27NO2/c1-3-11-18-16(4-2)15-9-5-6-10-17(15)20-13-14-8-7-12-19-14/h5-6,9-10,14,16,18H,3-4,7-8,11-13H2,1-2H3. The van der Waals surface area contributed by atoms with E-state index in [-0.39, 0.29) is 6.10 Å². The molecule has 2 atom stereocenters. The van der Waals surface area contributed by atoms with Gasteiger partial charge in [-0.15, -0.1) is 0 Å². The van der Waals surface area contributed by atoms with Crippen LogP contribution in [0.2, 0.25) is 0 Å². The van der Waals surface area contributed by atoms with Crippen LogP contribution in [0.15, 0.2) is 24.3 Å². The Balaban J connectivity index is 1.99. The molecule has 0 aliphatic carbocycles. The molecule has 1 saturated heterocycles. The lowest BCUT2D eigenvalue weighted by Crippen LogP contribution is -2.23. The van der Waals surface area contributed by atoms with Gasteiger partial charge in [0, 0.05) is 18.2 Å². The van der Waals surface area contributed by atoms with Crippen molar-refractivity contribution in [3.8, 4) is 5.75 Å². The van der Waals surface area contributed by atoms with Crippen LogP contribution in [0.4, 0.5) is 0 Å². The van der Waals surface area contributed by atoms with Crippen molar-refractivity contribution in [1.82, 2.24) is 5.32 Å². The molecular formula is C17H27NO2. The smallest absolute Gasteiger partial charge is 0.124 e. The summed E-state index contributed by atoms with van der Waals surface area (Å²) < 4.78 is 11.6. The van der Waals surface area contributed by atoms with E-state index in [2.05, 4.69) is 37.4 Å². The van der Waals surface area contributed by atoms with Gasteiger partial charge < -0.3 is 14.8 Å². The number of hydrogen-bond donors (Lipinski definition) is 1. The van der Waals surface area contributed by atoms with Crippen molar-refractivity contribution in [3.63, 3.8) is 0 Å². The van der Waals surface area contributed by atoms with Gasteiger partial charge in [-0.05, 0) is 38.3 Å². The second-order valence-corrected chi connectivity index (χ2v) is 5.40. The Bertz CT molecular complexity index is 388. The minimum Gasteiger partial charge on any atom is -0.491 e. The van der Waals surface area contributed by atoms with Crippen LogP contribution in [-0.2, 0) is 4.74 Å². The molecule has 3 nitrogen and oxygen atoms in total. The maximum Gasteiger partial charge on any atom is 0.124 e. The monoisotopic (exact) mass is 277 g/mol. The van der Waals surface area contributed by atoms with E-state index in [1.165, 1.54) is 5.56 Å². The van der Waals surface area contributed by atoms with E-state index in [1.807, 2.05) is 6.07 Å². The van der Waals surface area contributed by atoms with Crippen molar-refractivity contribution in [2.45, 2.75) is 51.7 Å². The first-order valence-corrected chi connectivity index (χ1v) is 7.91. The van der Waals surface area contributed by atoms with Crippen LogP contribution in [0.5, 0.6) is 5.75 Å². The summed E-state index contributed by atoms with van der Waals surface area (Å²) in [6, 6.07) is 8.74. The molecule has 20 heavy (non-hydrogen) atoms. The van der Waals surface area contributed by atoms with E-state index in [9.17, 15) is 0 Å². The predicted octanol–water partition coefficient (Wildman–Crippen LogP) is 3.70. The zero-order valence-electron chi connectivity index (χ0n) is 12.7. The third-order valence-corrected chi connectivity index (χ3v) is 3.79. The Labute approximate surface area is 122 Å². The van der Waals surface area contributed by atoms with Crippen molar-refractivity contribution < 1.29 is 9.47 Å². The van der Waals surface area contributed by atoms with Crippen molar-refractivity contribution in [2.24, 2.45) is 0 Å². The van der Waals surface area contributed by atoms with Gasteiger partial charge in [-0.1, -0.05) is 32.0 Å². The van der Waals surface area contributed by atoms with Gasteiger partial charge >= 0.3 is 0 Å². The molecule has 1 N–H and O–H groups in total. The minimum absolute atomic E-state index is 0.270. The average molecular weight is 277 g/mol. The number of ether oxygens (including phenoxy) is 2. The molecule has 0 aromatic heterocycles. The van der Waals surface area contributed by atoms with Gasteiger partial charge in [0.2, 0.25) is 0 Å². The van der Waals surface area contributed by atoms with Gasteiger partial charge in [0.1, 0.15) is 12.4 Å². The summed E-state index contributed by atoms with van der Waals surface area (Å²) >= 11 is 0. The van der Waals surface area contributed by atoms with Crippen LogP contribution >= 0.6 is 0 Å². The second kappa shape index (κ2) is 8.28. The summed E-state index contributed by atoms with van der Waals surface area (Å²) in [5, 5.41) is 3.59. The van der Waals surface area contributed by atoms with Gasteiger partial charge in [-0.25, -0.2) is 0 Å². The maximum atomic E-state index is 6.02. The van der Waals surface area contributed by atoms with Crippen molar-refractivity contribution in [1.29, 1.82) is 0 Å². The fourth-order valence-corrected chi connectivity index (χ4v) is 2.65. The Morgan fingerprint density at radius 2 is 2.20 bits per heavy atom. The summed E-state index contributed by atoms with van der Waals surface area (Å²) in [7, 11) is 0. The normalized spacial score (nSPS) is 20.0. The number of para-hydroxylation sites is 1. The summed E-state index contributed by atoms with van der Waals surface area (Å²) in [5.41, 5.74) is 1.27. The van der Waals surface area contributed by atoms with Crippen LogP contribution in [0, 0.1) is 0 Å². The first kappa shape index (κ1) is 15.3. The molecule has 2 rings (SSSR count). The van der Waals surface area contributed by atoms with Crippen molar-refractivity contribution in [3.05, 3.63) is 29.8 Å². The molecule has 1 aliphatic heterocycles. The topological polar surface area (TPSA) is 30.5 Å². The summed E-state index contributed by atoms with van der Waals surface area (Å²) in [5.74, 6) is 0.999. The number of rotatable bonds is 8. The molecular weight excluding hydrogens is 250 g/mol. The Hall–Kier alpha value is -1.06. The summed E-state index contributed by atoms with van der Waals surface area (Å²) in [4.78, 5) is 0. The lowest BCUT2D eigenvalue weighted by Gasteiger charge is -2.21. The molecule has 2 unspecified atom stereocenters. The lowest BCUT2D eigenvalue weighted by atomic mass is 10.0. The highest BCUT2D eigenvalue weighted by atomic mass is 16.5. The summed E-state index contributed by atoms with van der Waals surface area (Å²) in [6.07, 6.45) is 4.76. The summed E-state index contributed by atoms with van der Waals surface area (Å²) in [6.45, 7) is 6.99. The van der Waals surface area contributed by atoms with E-state index in [4.69, 9.17) is 9.47 Å². The van der Waals surface area contributed by atoms with Crippen molar-refractivity contribution >= 4 is 0 Å². The SMILES string of the molecule is CCCNC(CC)c1ccccc1OCC1CCCO1. The third-order valence-electron chi connectivity index (χ3n) is 3.79. The van der Waals surface area contributed by atoms with E-state index >= 15 is 0 Å². The number of hydrogen-bond acceptors (Lipinski definition) is 3. The largest absolute Gasteiger partial charge is 0.491 e. The zero-order chi connectivity index (χ0) is 14.2. The first-order valence-electron chi connectivity index (χ1n) is 7.91. The second-order valence-electron chi connectivity index (χ2n) is 5.40. The quantitative estimate of drug-likeness (QED) is 0.786. The number of nitrogens with one attached hydrogen (secondary N) is 1. The van der Waals surface area contributed by atoms with Crippen LogP contribution < -0.4 is 10.1 Å². The fourth-order valence-electron chi connectivity index (χ4n) is 2.65. The minimum atomic E-state index is 0.270. The Morgan fingerprint density at radius 3 is 2.90 bits per heavy atom. The molecule has 1 heterocycles. The number of benzene rings is 1. The maximum absolute atomic E-state index is 6.02. The van der Waals surface area contributed by atoms with E-state index in [1.54, 1.807) is 0 Å². The lowest BCUT2D eigenvalue weighted by molar-refractivity contribution is 0.0674. The van der Waals surface area contributed by atoms with E-state index < -0.39 is 0 Å². The molecule has 0 bridgehead atoms. The van der Waals surface area contributed by atoms with Crippen LogP contribution in [-0.4, -0.2) is 25.9 Å². The average Bonchev–Trinajstić information content (AvgIpc) is 3.00. The van der Waals surface area contributed by atoms with Gasteiger partial charge in [0.05, 0.1) is 6.10 Å². The highest BCUT2D eigenvalue weighted by Crippen LogP contribution is 2.28. The van der Waals surface area contributed by atoms with E-state index in [0.717, 1.165) is 44.6 Å². The van der Waals surface area contributed by atoms with Crippen molar-refractivity contribution in [2.75, 3.05) is 19.8 Å². The molecule has 3 heteroatoms. The van der Waals surface area contributed by atoms with Gasteiger partial charge in [-0.3, -0.25) is 0 Å². The molecule has 0 radical (unpaired) electrons. The van der Waals surface area contributed by atoms with E-state index in [0.29, 0.717) is 12.6 Å².